The molecule has 0 aliphatic rings. The van der Waals surface area contributed by atoms with Gasteiger partial charge in [0.15, 0.2) is 0 Å². The first-order valence-corrected chi connectivity index (χ1v) is 5.27. The molecule has 0 amide bonds. The lowest BCUT2D eigenvalue weighted by Crippen LogP contribution is -2.01. The van der Waals surface area contributed by atoms with Crippen molar-refractivity contribution in [3.05, 3.63) is 41.5 Å². The minimum absolute atomic E-state index is 0.245. The van der Waals surface area contributed by atoms with E-state index >= 15 is 0 Å². The Bertz CT molecular complexity index is 406. The third kappa shape index (κ3) is 4.10. The Hall–Kier alpha value is -2.10. The summed E-state index contributed by atoms with van der Waals surface area (Å²) in [5, 5.41) is 8.48. The summed E-state index contributed by atoms with van der Waals surface area (Å²) in [6.07, 6.45) is 3.04. The minimum atomic E-state index is -0.982. The summed E-state index contributed by atoms with van der Waals surface area (Å²) in [5.74, 6) is -0.982. The number of hydrogen-bond acceptors (Lipinski definition) is 3. The highest BCUT2D eigenvalue weighted by molar-refractivity contribution is 5.85. The maximum Gasteiger partial charge on any atom is 0.328 e. The van der Waals surface area contributed by atoms with Crippen molar-refractivity contribution in [3.63, 3.8) is 0 Å². The number of ether oxygens (including phenoxy) is 1. The average molecular weight is 234 g/mol. The first kappa shape index (κ1) is 13.0. The molecule has 90 valence electrons. The Labute approximate surface area is 99.5 Å². The monoisotopic (exact) mass is 234 g/mol. The van der Waals surface area contributed by atoms with E-state index in [-0.39, 0.29) is 6.10 Å². The molecule has 1 unspecified atom stereocenters. The first-order chi connectivity index (χ1) is 8.17. The molecule has 0 spiro atoms. The van der Waals surface area contributed by atoms with Crippen LogP contribution in [0.2, 0.25) is 0 Å². The first-order valence-electron chi connectivity index (χ1n) is 5.27. The fraction of sp³-hybridized carbons (Fsp3) is 0.231. The standard InChI is InChI=1S/C13H14O4/c1-2-12(17-9-14)11-6-3-10(4-7-11)5-8-13(15)16/h3-9,12H,2H2,1H3,(H,15,16)/b8-5+. The topological polar surface area (TPSA) is 63.6 Å². The molecule has 1 aromatic rings. The van der Waals surface area contributed by atoms with Crippen LogP contribution < -0.4 is 0 Å². The third-order valence-electron chi connectivity index (χ3n) is 2.32. The predicted molar refractivity (Wildman–Crippen MR) is 63.3 cm³/mol. The molecule has 1 rings (SSSR count). The fourth-order valence-corrected chi connectivity index (χ4v) is 1.47. The fourth-order valence-electron chi connectivity index (χ4n) is 1.47. The molecule has 0 fully saturated rings. The van der Waals surface area contributed by atoms with Gasteiger partial charge in [-0.1, -0.05) is 31.2 Å². The Kier molecular flexibility index (Phi) is 4.94. The van der Waals surface area contributed by atoms with Gasteiger partial charge < -0.3 is 9.84 Å². The molecule has 1 N–H and O–H groups in total. The zero-order valence-electron chi connectivity index (χ0n) is 9.50. The Morgan fingerprint density at radius 2 is 2.06 bits per heavy atom. The number of hydrogen-bond donors (Lipinski definition) is 1. The summed E-state index contributed by atoms with van der Waals surface area (Å²) in [7, 11) is 0. The molecule has 4 nitrogen and oxygen atoms in total. The molecule has 0 aliphatic heterocycles. The molecule has 0 aliphatic carbocycles. The van der Waals surface area contributed by atoms with Crippen molar-refractivity contribution in [1.82, 2.24) is 0 Å². The van der Waals surface area contributed by atoms with Crippen LogP contribution in [0.3, 0.4) is 0 Å². The van der Waals surface area contributed by atoms with E-state index in [0.29, 0.717) is 12.9 Å². The highest BCUT2D eigenvalue weighted by Crippen LogP contribution is 2.20. The number of carboxylic acid groups (broad SMARTS) is 1. The summed E-state index contributed by atoms with van der Waals surface area (Å²) in [6.45, 7) is 2.36. The van der Waals surface area contributed by atoms with Crippen molar-refractivity contribution in [1.29, 1.82) is 0 Å². The molecule has 17 heavy (non-hydrogen) atoms. The summed E-state index contributed by atoms with van der Waals surface area (Å²) < 4.78 is 4.92. The van der Waals surface area contributed by atoms with E-state index in [0.717, 1.165) is 17.2 Å². The van der Waals surface area contributed by atoms with Crippen LogP contribution in [-0.4, -0.2) is 17.5 Å². The second-order valence-corrected chi connectivity index (χ2v) is 3.47. The lowest BCUT2D eigenvalue weighted by atomic mass is 10.0. The second-order valence-electron chi connectivity index (χ2n) is 3.47. The Balaban J connectivity index is 2.79. The van der Waals surface area contributed by atoms with E-state index in [4.69, 9.17) is 9.84 Å². The molecule has 1 atom stereocenters. The van der Waals surface area contributed by atoms with Crippen molar-refractivity contribution in [2.45, 2.75) is 19.4 Å². The van der Waals surface area contributed by atoms with E-state index in [9.17, 15) is 9.59 Å². The molecular weight excluding hydrogens is 220 g/mol. The zero-order chi connectivity index (χ0) is 12.7. The summed E-state index contributed by atoms with van der Waals surface area (Å²) in [5.41, 5.74) is 1.68. The molecule has 4 heteroatoms. The van der Waals surface area contributed by atoms with Gasteiger partial charge in [0.2, 0.25) is 0 Å². The lowest BCUT2D eigenvalue weighted by molar-refractivity contribution is -0.134. The number of aliphatic carboxylic acids is 1. The van der Waals surface area contributed by atoms with Crippen LogP contribution >= 0.6 is 0 Å². The molecular formula is C13H14O4. The molecule has 0 saturated heterocycles. The lowest BCUT2D eigenvalue weighted by Gasteiger charge is -2.13. The van der Waals surface area contributed by atoms with Crippen molar-refractivity contribution >= 4 is 18.5 Å². The van der Waals surface area contributed by atoms with Crippen LogP contribution in [0.4, 0.5) is 0 Å². The SMILES string of the molecule is CCC(OC=O)c1ccc(/C=C/C(=O)O)cc1. The zero-order valence-corrected chi connectivity index (χ0v) is 9.50. The van der Waals surface area contributed by atoms with E-state index in [1.54, 1.807) is 12.1 Å². The molecule has 0 aromatic heterocycles. The highest BCUT2D eigenvalue weighted by Gasteiger charge is 2.08. The Morgan fingerprint density at radius 3 is 2.53 bits per heavy atom. The van der Waals surface area contributed by atoms with E-state index in [2.05, 4.69) is 0 Å². The summed E-state index contributed by atoms with van der Waals surface area (Å²) in [4.78, 5) is 20.6. The minimum Gasteiger partial charge on any atom is -0.478 e. The second kappa shape index (κ2) is 6.48. The molecule has 0 heterocycles. The van der Waals surface area contributed by atoms with E-state index in [1.165, 1.54) is 6.08 Å². The Morgan fingerprint density at radius 1 is 1.41 bits per heavy atom. The van der Waals surface area contributed by atoms with Crippen LogP contribution in [0.15, 0.2) is 30.3 Å². The molecule has 0 saturated carbocycles. The highest BCUT2D eigenvalue weighted by atomic mass is 16.5. The summed E-state index contributed by atoms with van der Waals surface area (Å²) in [6, 6.07) is 7.20. The van der Waals surface area contributed by atoms with Gasteiger partial charge in [0.1, 0.15) is 6.10 Å². The number of carbonyl (C=O) groups excluding carboxylic acids is 1. The molecule has 0 radical (unpaired) electrons. The van der Waals surface area contributed by atoms with Gasteiger partial charge in [-0.05, 0) is 23.6 Å². The molecule has 0 bridgehead atoms. The number of benzene rings is 1. The smallest absolute Gasteiger partial charge is 0.328 e. The van der Waals surface area contributed by atoms with Crippen LogP contribution in [0.1, 0.15) is 30.6 Å². The van der Waals surface area contributed by atoms with Gasteiger partial charge in [-0.25, -0.2) is 4.79 Å². The van der Waals surface area contributed by atoms with Crippen LogP contribution in [0, 0.1) is 0 Å². The van der Waals surface area contributed by atoms with Crippen molar-refractivity contribution < 1.29 is 19.4 Å². The van der Waals surface area contributed by atoms with Gasteiger partial charge in [-0.2, -0.15) is 0 Å². The van der Waals surface area contributed by atoms with E-state index < -0.39 is 5.97 Å². The van der Waals surface area contributed by atoms with Crippen LogP contribution in [0.5, 0.6) is 0 Å². The van der Waals surface area contributed by atoms with Gasteiger partial charge >= 0.3 is 5.97 Å². The van der Waals surface area contributed by atoms with Gasteiger partial charge in [-0.3, -0.25) is 4.79 Å². The quantitative estimate of drug-likeness (QED) is 0.606. The maximum atomic E-state index is 10.3. The van der Waals surface area contributed by atoms with E-state index in [1.807, 2.05) is 19.1 Å². The largest absolute Gasteiger partial charge is 0.478 e. The van der Waals surface area contributed by atoms with Crippen molar-refractivity contribution in [2.75, 3.05) is 0 Å². The van der Waals surface area contributed by atoms with Gasteiger partial charge in [0, 0.05) is 6.08 Å². The number of carbonyl (C=O) groups is 2. The summed E-state index contributed by atoms with van der Waals surface area (Å²) >= 11 is 0. The van der Waals surface area contributed by atoms with Gasteiger partial charge in [0.25, 0.3) is 6.47 Å². The maximum absolute atomic E-state index is 10.3. The average Bonchev–Trinajstić information content (AvgIpc) is 2.34. The van der Waals surface area contributed by atoms with Crippen LogP contribution in [0.25, 0.3) is 6.08 Å². The molecule has 1 aromatic carbocycles. The van der Waals surface area contributed by atoms with Crippen molar-refractivity contribution in [2.24, 2.45) is 0 Å². The predicted octanol–water partition coefficient (Wildman–Crippen LogP) is 2.41. The number of rotatable bonds is 6. The third-order valence-corrected chi connectivity index (χ3v) is 2.32. The van der Waals surface area contributed by atoms with Gasteiger partial charge in [0.05, 0.1) is 0 Å². The van der Waals surface area contributed by atoms with Crippen molar-refractivity contribution in [3.8, 4) is 0 Å². The number of carboxylic acids is 1. The normalized spacial score (nSPS) is 12.3. The van der Waals surface area contributed by atoms with Gasteiger partial charge in [-0.15, -0.1) is 0 Å². The van der Waals surface area contributed by atoms with Crippen LogP contribution in [-0.2, 0) is 14.3 Å².